The highest BCUT2D eigenvalue weighted by molar-refractivity contribution is 5.15. The highest BCUT2D eigenvalue weighted by Gasteiger charge is 2.23. The van der Waals surface area contributed by atoms with Crippen molar-refractivity contribution < 1.29 is 9.47 Å². The predicted octanol–water partition coefficient (Wildman–Crippen LogP) is 5.15. The molecule has 1 aliphatic rings. The SMILES string of the molecule is CCCCCCCCO[C@@H](CC[C@@H]1CO1)Cc1ccccc1. The lowest BCUT2D eigenvalue weighted by atomic mass is 10.0. The van der Waals surface area contributed by atoms with Crippen molar-refractivity contribution in [2.75, 3.05) is 13.2 Å². The second-order valence-corrected chi connectivity index (χ2v) is 6.48. The summed E-state index contributed by atoms with van der Waals surface area (Å²) in [6, 6.07) is 10.7. The van der Waals surface area contributed by atoms with Crippen LogP contribution in [-0.2, 0) is 15.9 Å². The molecule has 0 radical (unpaired) electrons. The molecule has 0 amide bonds. The van der Waals surface area contributed by atoms with Gasteiger partial charge in [-0.25, -0.2) is 0 Å². The molecule has 0 unspecified atom stereocenters. The molecule has 1 aromatic carbocycles. The Bertz CT molecular complexity index is 373. The maximum atomic E-state index is 6.18. The van der Waals surface area contributed by atoms with Crippen molar-refractivity contribution in [1.82, 2.24) is 0 Å². The van der Waals surface area contributed by atoms with Gasteiger partial charge in [0.05, 0.1) is 18.8 Å². The number of hydrogen-bond donors (Lipinski definition) is 0. The van der Waals surface area contributed by atoms with Gasteiger partial charge in [-0.2, -0.15) is 0 Å². The molecule has 0 saturated carbocycles. The zero-order valence-corrected chi connectivity index (χ0v) is 14.1. The molecule has 1 aliphatic heterocycles. The Kier molecular flexibility index (Phi) is 8.59. The van der Waals surface area contributed by atoms with E-state index in [-0.39, 0.29) is 0 Å². The van der Waals surface area contributed by atoms with Crippen LogP contribution in [0.2, 0.25) is 0 Å². The molecule has 124 valence electrons. The number of rotatable bonds is 13. The largest absolute Gasteiger partial charge is 0.378 e. The molecule has 2 heteroatoms. The fourth-order valence-corrected chi connectivity index (χ4v) is 2.86. The fourth-order valence-electron chi connectivity index (χ4n) is 2.86. The van der Waals surface area contributed by atoms with Crippen LogP contribution in [0.4, 0.5) is 0 Å². The molecule has 1 aromatic rings. The van der Waals surface area contributed by atoms with E-state index in [4.69, 9.17) is 9.47 Å². The third-order valence-electron chi connectivity index (χ3n) is 4.37. The zero-order valence-electron chi connectivity index (χ0n) is 14.1. The van der Waals surface area contributed by atoms with Crippen molar-refractivity contribution in [3.63, 3.8) is 0 Å². The number of benzene rings is 1. The molecule has 1 fully saturated rings. The van der Waals surface area contributed by atoms with Crippen LogP contribution in [0.25, 0.3) is 0 Å². The van der Waals surface area contributed by atoms with Gasteiger partial charge in [0.25, 0.3) is 0 Å². The highest BCUT2D eigenvalue weighted by Crippen LogP contribution is 2.20. The molecular formula is C20H32O2. The van der Waals surface area contributed by atoms with Gasteiger partial charge in [0.2, 0.25) is 0 Å². The van der Waals surface area contributed by atoms with Crippen molar-refractivity contribution in [2.24, 2.45) is 0 Å². The van der Waals surface area contributed by atoms with Crippen LogP contribution in [0.5, 0.6) is 0 Å². The van der Waals surface area contributed by atoms with E-state index in [1.54, 1.807) is 0 Å². The Labute approximate surface area is 136 Å². The Morgan fingerprint density at radius 3 is 2.55 bits per heavy atom. The first-order valence-corrected chi connectivity index (χ1v) is 9.15. The molecule has 22 heavy (non-hydrogen) atoms. The highest BCUT2D eigenvalue weighted by atomic mass is 16.6. The molecule has 1 heterocycles. The summed E-state index contributed by atoms with van der Waals surface area (Å²) in [5.74, 6) is 0. The fraction of sp³-hybridized carbons (Fsp3) is 0.700. The van der Waals surface area contributed by atoms with Crippen LogP contribution in [0.1, 0.15) is 63.9 Å². The number of hydrogen-bond acceptors (Lipinski definition) is 2. The van der Waals surface area contributed by atoms with Gasteiger partial charge < -0.3 is 9.47 Å². The first kappa shape index (κ1) is 17.5. The maximum absolute atomic E-state index is 6.18. The number of ether oxygens (including phenoxy) is 2. The zero-order chi connectivity index (χ0) is 15.5. The number of epoxide rings is 1. The molecule has 0 N–H and O–H groups in total. The summed E-state index contributed by atoms with van der Waals surface area (Å²) in [7, 11) is 0. The second kappa shape index (κ2) is 10.8. The smallest absolute Gasteiger partial charge is 0.0810 e. The average Bonchev–Trinajstić information content (AvgIpc) is 3.37. The Hall–Kier alpha value is -0.860. The summed E-state index contributed by atoms with van der Waals surface area (Å²) in [5, 5.41) is 0. The summed E-state index contributed by atoms with van der Waals surface area (Å²) in [5.41, 5.74) is 1.38. The van der Waals surface area contributed by atoms with Gasteiger partial charge in [0, 0.05) is 6.61 Å². The third-order valence-corrected chi connectivity index (χ3v) is 4.37. The third kappa shape index (κ3) is 7.95. The topological polar surface area (TPSA) is 21.8 Å². The second-order valence-electron chi connectivity index (χ2n) is 6.48. The van der Waals surface area contributed by atoms with Crippen LogP contribution < -0.4 is 0 Å². The van der Waals surface area contributed by atoms with Crippen molar-refractivity contribution in [2.45, 2.75) is 76.9 Å². The van der Waals surface area contributed by atoms with Gasteiger partial charge >= 0.3 is 0 Å². The summed E-state index contributed by atoms with van der Waals surface area (Å²) < 4.78 is 11.5. The number of unbranched alkanes of at least 4 members (excludes halogenated alkanes) is 5. The minimum atomic E-state index is 0.349. The first-order valence-electron chi connectivity index (χ1n) is 9.15. The Balaban J connectivity index is 1.63. The van der Waals surface area contributed by atoms with Crippen LogP contribution in [0.3, 0.4) is 0 Å². The van der Waals surface area contributed by atoms with Crippen molar-refractivity contribution >= 4 is 0 Å². The lowest BCUT2D eigenvalue weighted by molar-refractivity contribution is 0.0424. The summed E-state index contributed by atoms with van der Waals surface area (Å²) in [4.78, 5) is 0. The Morgan fingerprint density at radius 2 is 1.82 bits per heavy atom. The van der Waals surface area contributed by atoms with Crippen molar-refractivity contribution in [3.05, 3.63) is 35.9 Å². The minimum Gasteiger partial charge on any atom is -0.378 e. The van der Waals surface area contributed by atoms with E-state index in [1.165, 1.54) is 44.1 Å². The maximum Gasteiger partial charge on any atom is 0.0810 e. The summed E-state index contributed by atoms with van der Waals surface area (Å²) in [6.07, 6.45) is 12.1. The normalized spacial score (nSPS) is 18.3. The summed E-state index contributed by atoms with van der Waals surface area (Å²) >= 11 is 0. The van der Waals surface area contributed by atoms with Gasteiger partial charge in [-0.05, 0) is 31.2 Å². The molecule has 1 saturated heterocycles. The van der Waals surface area contributed by atoms with Crippen LogP contribution in [-0.4, -0.2) is 25.4 Å². The molecule has 2 nitrogen and oxygen atoms in total. The lowest BCUT2D eigenvalue weighted by Gasteiger charge is -2.18. The van der Waals surface area contributed by atoms with Gasteiger partial charge in [0.15, 0.2) is 0 Å². The van der Waals surface area contributed by atoms with E-state index in [2.05, 4.69) is 37.3 Å². The van der Waals surface area contributed by atoms with E-state index >= 15 is 0 Å². The monoisotopic (exact) mass is 304 g/mol. The van der Waals surface area contributed by atoms with Gasteiger partial charge in [-0.15, -0.1) is 0 Å². The van der Waals surface area contributed by atoms with Crippen molar-refractivity contribution in [1.29, 1.82) is 0 Å². The van der Waals surface area contributed by atoms with Gasteiger partial charge in [0.1, 0.15) is 0 Å². The summed E-state index contributed by atoms with van der Waals surface area (Å²) in [6.45, 7) is 4.13. The van der Waals surface area contributed by atoms with Crippen LogP contribution in [0.15, 0.2) is 30.3 Å². The van der Waals surface area contributed by atoms with E-state index in [0.717, 1.165) is 32.5 Å². The van der Waals surface area contributed by atoms with Crippen LogP contribution >= 0.6 is 0 Å². The first-order chi connectivity index (χ1) is 10.9. The van der Waals surface area contributed by atoms with E-state index in [1.807, 2.05) is 0 Å². The lowest BCUT2D eigenvalue weighted by Crippen LogP contribution is -2.18. The van der Waals surface area contributed by atoms with E-state index in [9.17, 15) is 0 Å². The Morgan fingerprint density at radius 1 is 1.09 bits per heavy atom. The molecule has 2 atom stereocenters. The molecule has 0 bridgehead atoms. The standard InChI is InChI=1S/C20H32O2/c1-2-3-4-5-6-10-15-21-19(13-14-20-17-22-20)16-18-11-8-7-9-12-18/h7-9,11-12,19-20H,2-6,10,13-17H2,1H3/t19-,20+/m0/s1. The molecular weight excluding hydrogens is 272 g/mol. The van der Waals surface area contributed by atoms with E-state index in [0.29, 0.717) is 12.2 Å². The van der Waals surface area contributed by atoms with E-state index < -0.39 is 0 Å². The predicted molar refractivity (Wildman–Crippen MR) is 92.2 cm³/mol. The van der Waals surface area contributed by atoms with Gasteiger partial charge in [-0.1, -0.05) is 69.4 Å². The quantitative estimate of drug-likeness (QED) is 0.371. The minimum absolute atomic E-state index is 0.349. The van der Waals surface area contributed by atoms with Crippen LogP contribution in [0, 0.1) is 0 Å². The molecule has 0 aliphatic carbocycles. The average molecular weight is 304 g/mol. The van der Waals surface area contributed by atoms with Gasteiger partial charge in [-0.3, -0.25) is 0 Å². The molecule has 2 rings (SSSR count). The molecule has 0 aromatic heterocycles. The van der Waals surface area contributed by atoms with Crippen molar-refractivity contribution in [3.8, 4) is 0 Å². The molecule has 0 spiro atoms.